The number of hydrogen-bond donors (Lipinski definition) is 0. The van der Waals surface area contributed by atoms with Crippen molar-refractivity contribution in [2.75, 3.05) is 13.7 Å². The smallest absolute Gasteiger partial charge is 0.383 e. The molecule has 0 aliphatic carbocycles. The first-order valence-corrected chi connectivity index (χ1v) is 11.3. The summed E-state index contributed by atoms with van der Waals surface area (Å²) < 4.78 is 72.0. The largest absolute Gasteiger partial charge is 0.534 e. The molecule has 0 radical (unpaired) electrons. The molecule has 0 unspecified atom stereocenters. The zero-order valence-electron chi connectivity index (χ0n) is 18.3. The second-order valence-corrected chi connectivity index (χ2v) is 9.06. The van der Waals surface area contributed by atoms with Gasteiger partial charge in [0.25, 0.3) is 0 Å². The highest BCUT2D eigenvalue weighted by Gasteiger charge is 2.48. The van der Waals surface area contributed by atoms with E-state index in [1.165, 1.54) is 6.07 Å². The molecular formula is C21H24F3N3O4S. The molecule has 3 heterocycles. The molecule has 7 nitrogen and oxygen atoms in total. The number of aromatic nitrogens is 3. The molecule has 0 amide bonds. The maximum absolute atomic E-state index is 12.6. The summed E-state index contributed by atoms with van der Waals surface area (Å²) in [5.74, 6) is -0.641. The standard InChI is InChI=1S/C21H24F3N3O4S/c1-6-16-15(7-8-18(25-16)31-32(28,29)21(22,23)24)19-12(2)9-17-20(26-19)13(3)10-27(17)14(4)11-30-5/h7-10,14H,6,11H2,1-5H3/t14-/m0/s1. The molecule has 0 fully saturated rings. The average Bonchev–Trinajstić information content (AvgIpc) is 3.02. The number of methoxy groups -OCH3 is 1. The van der Waals surface area contributed by atoms with Crippen LogP contribution in [0.5, 0.6) is 5.88 Å². The van der Waals surface area contributed by atoms with Crippen LogP contribution in [0.1, 0.15) is 36.7 Å². The summed E-state index contributed by atoms with van der Waals surface area (Å²) >= 11 is 0. The highest BCUT2D eigenvalue weighted by atomic mass is 32.2. The predicted octanol–water partition coefficient (Wildman–Crippen LogP) is 4.71. The Hall–Kier alpha value is -2.66. The lowest BCUT2D eigenvalue weighted by Crippen LogP contribution is -2.28. The molecule has 0 N–H and O–H groups in total. The van der Waals surface area contributed by atoms with Gasteiger partial charge < -0.3 is 13.5 Å². The van der Waals surface area contributed by atoms with Crippen molar-refractivity contribution in [3.8, 4) is 17.1 Å². The molecule has 0 bridgehead atoms. The first kappa shape index (κ1) is 24.0. The Bertz CT molecular complexity index is 1250. The van der Waals surface area contributed by atoms with Crippen LogP contribution in [-0.4, -0.2) is 42.2 Å². The number of fused-ring (bicyclic) bond motifs is 1. The molecule has 0 saturated heterocycles. The lowest BCUT2D eigenvalue weighted by molar-refractivity contribution is -0.0501. The second-order valence-electron chi connectivity index (χ2n) is 7.53. The van der Waals surface area contributed by atoms with Gasteiger partial charge in [-0.1, -0.05) is 6.92 Å². The summed E-state index contributed by atoms with van der Waals surface area (Å²) in [6, 6.07) is 4.67. The van der Waals surface area contributed by atoms with Gasteiger partial charge in [0.15, 0.2) is 0 Å². The molecule has 1 atom stereocenters. The number of ether oxygens (including phenoxy) is 1. The van der Waals surface area contributed by atoms with E-state index >= 15 is 0 Å². The van der Waals surface area contributed by atoms with Crippen molar-refractivity contribution < 1.29 is 30.5 Å². The maximum Gasteiger partial charge on any atom is 0.534 e. The molecular weight excluding hydrogens is 447 g/mol. The fourth-order valence-electron chi connectivity index (χ4n) is 3.56. The molecule has 0 spiro atoms. The first-order chi connectivity index (χ1) is 14.9. The first-order valence-electron chi connectivity index (χ1n) is 9.88. The van der Waals surface area contributed by atoms with Crippen LogP contribution >= 0.6 is 0 Å². The van der Waals surface area contributed by atoms with E-state index in [-0.39, 0.29) is 6.04 Å². The normalized spacial score (nSPS) is 13.5. The topological polar surface area (TPSA) is 83.3 Å². The van der Waals surface area contributed by atoms with Gasteiger partial charge in [-0.05, 0) is 50.5 Å². The van der Waals surface area contributed by atoms with Gasteiger partial charge >= 0.3 is 15.6 Å². The molecule has 174 valence electrons. The molecule has 0 aromatic carbocycles. The van der Waals surface area contributed by atoms with Crippen molar-refractivity contribution in [3.05, 3.63) is 41.2 Å². The van der Waals surface area contributed by atoms with Crippen LogP contribution in [0.4, 0.5) is 13.2 Å². The number of rotatable bonds is 7. The van der Waals surface area contributed by atoms with Crippen molar-refractivity contribution in [2.45, 2.75) is 45.7 Å². The van der Waals surface area contributed by atoms with Gasteiger partial charge in [-0.25, -0.2) is 9.97 Å². The van der Waals surface area contributed by atoms with Crippen molar-refractivity contribution in [1.29, 1.82) is 0 Å². The monoisotopic (exact) mass is 471 g/mol. The van der Waals surface area contributed by atoms with Gasteiger partial charge in [0.05, 0.1) is 35.1 Å². The van der Waals surface area contributed by atoms with Crippen LogP contribution in [0.3, 0.4) is 0 Å². The number of halogens is 3. The zero-order valence-corrected chi connectivity index (χ0v) is 19.1. The number of hydrogen-bond acceptors (Lipinski definition) is 6. The minimum absolute atomic E-state index is 0.100. The van der Waals surface area contributed by atoms with Gasteiger partial charge in [0, 0.05) is 24.9 Å². The van der Waals surface area contributed by atoms with Crippen LogP contribution in [0.25, 0.3) is 22.3 Å². The van der Waals surface area contributed by atoms with Gasteiger partial charge in [-0.2, -0.15) is 21.6 Å². The third kappa shape index (κ3) is 4.44. The Labute approximate surface area is 184 Å². The Morgan fingerprint density at radius 1 is 1.16 bits per heavy atom. The lowest BCUT2D eigenvalue weighted by Gasteiger charge is -2.16. The number of nitrogens with zero attached hydrogens (tertiary/aromatic N) is 3. The molecule has 0 aliphatic heterocycles. The lowest BCUT2D eigenvalue weighted by atomic mass is 10.0. The third-order valence-electron chi connectivity index (χ3n) is 5.08. The van der Waals surface area contributed by atoms with Crippen molar-refractivity contribution in [1.82, 2.24) is 14.5 Å². The van der Waals surface area contributed by atoms with E-state index < -0.39 is 21.5 Å². The van der Waals surface area contributed by atoms with Gasteiger partial charge in [0.1, 0.15) is 0 Å². The SMILES string of the molecule is CCc1nc(OS(=O)(=O)C(F)(F)F)ccc1-c1nc2c(C)cn([C@@H](C)COC)c2cc1C. The highest BCUT2D eigenvalue weighted by molar-refractivity contribution is 7.87. The fourth-order valence-corrected chi connectivity index (χ4v) is 3.97. The average molecular weight is 472 g/mol. The molecule has 3 aromatic rings. The third-order valence-corrected chi connectivity index (χ3v) is 6.03. The number of pyridine rings is 2. The number of alkyl halides is 3. The minimum Gasteiger partial charge on any atom is -0.383 e. The van der Waals surface area contributed by atoms with Crippen LogP contribution in [0, 0.1) is 13.8 Å². The van der Waals surface area contributed by atoms with Gasteiger partial charge in [0.2, 0.25) is 5.88 Å². The molecule has 3 rings (SSSR count). The van der Waals surface area contributed by atoms with Gasteiger partial charge in [-0.15, -0.1) is 0 Å². The quantitative estimate of drug-likeness (QED) is 0.367. The molecule has 11 heteroatoms. The number of aryl methyl sites for hydroxylation is 3. The Morgan fingerprint density at radius 3 is 2.44 bits per heavy atom. The molecule has 0 aliphatic rings. The molecule has 32 heavy (non-hydrogen) atoms. The Balaban J connectivity index is 2.08. The molecule has 0 saturated carbocycles. The van der Waals surface area contributed by atoms with Crippen molar-refractivity contribution >= 4 is 21.2 Å². The van der Waals surface area contributed by atoms with Crippen LogP contribution in [0.15, 0.2) is 24.4 Å². The highest BCUT2D eigenvalue weighted by Crippen LogP contribution is 2.33. The maximum atomic E-state index is 12.6. The van der Waals surface area contributed by atoms with Crippen LogP contribution < -0.4 is 4.18 Å². The zero-order chi connectivity index (χ0) is 23.8. The molecule has 3 aromatic heterocycles. The Kier molecular flexibility index (Phi) is 6.52. The van der Waals surface area contributed by atoms with Crippen molar-refractivity contribution in [2.24, 2.45) is 0 Å². The van der Waals surface area contributed by atoms with E-state index in [9.17, 15) is 21.6 Å². The van der Waals surface area contributed by atoms with E-state index in [1.54, 1.807) is 14.0 Å². The van der Waals surface area contributed by atoms with Crippen LogP contribution in [0.2, 0.25) is 0 Å². The fraction of sp³-hybridized carbons (Fsp3) is 0.429. The van der Waals surface area contributed by atoms with E-state index in [4.69, 9.17) is 9.72 Å². The summed E-state index contributed by atoms with van der Waals surface area (Å²) in [6.07, 6.45) is 2.34. The minimum atomic E-state index is -5.80. The second kappa shape index (κ2) is 8.70. The summed E-state index contributed by atoms with van der Waals surface area (Å²) in [5, 5.41) is 0. The summed E-state index contributed by atoms with van der Waals surface area (Å²) in [7, 11) is -4.16. The summed E-state index contributed by atoms with van der Waals surface area (Å²) in [4.78, 5) is 8.82. The van der Waals surface area contributed by atoms with Crippen LogP contribution in [-0.2, 0) is 21.3 Å². The van der Waals surface area contributed by atoms with E-state index in [0.29, 0.717) is 30.0 Å². The van der Waals surface area contributed by atoms with Crippen molar-refractivity contribution in [3.63, 3.8) is 0 Å². The summed E-state index contributed by atoms with van der Waals surface area (Å²) in [6.45, 7) is 8.17. The van der Waals surface area contributed by atoms with E-state index in [0.717, 1.165) is 28.2 Å². The summed E-state index contributed by atoms with van der Waals surface area (Å²) in [5.41, 5.74) is -0.409. The Morgan fingerprint density at radius 2 is 1.84 bits per heavy atom. The van der Waals surface area contributed by atoms with Gasteiger partial charge in [-0.3, -0.25) is 0 Å². The predicted molar refractivity (Wildman–Crippen MR) is 114 cm³/mol. The van der Waals surface area contributed by atoms with E-state index in [1.807, 2.05) is 33.0 Å². The van der Waals surface area contributed by atoms with E-state index in [2.05, 4.69) is 13.7 Å².